The van der Waals surface area contributed by atoms with E-state index in [1.165, 1.54) is 23.5 Å². The number of nitrogens with zero attached hydrogens (tertiary/aromatic N) is 2. The number of benzene rings is 2. The van der Waals surface area contributed by atoms with Crippen molar-refractivity contribution in [2.75, 3.05) is 11.4 Å². The van der Waals surface area contributed by atoms with E-state index < -0.39 is 24.2 Å². The molecule has 0 saturated heterocycles. The van der Waals surface area contributed by atoms with Crippen LogP contribution in [0, 0.1) is 5.82 Å². The standard InChI is InChI=1S/C18H11FN2O3S/c19-12-5-3-4-10-11(18(24)21(17(10)12)9-16(22)23)8-15-20-13-6-1-2-7-14(13)25-15/h1-8H,9H2,(H,22,23)/b11-8-. The Bertz CT molecular complexity index is 1020. The van der Waals surface area contributed by atoms with Crippen LogP contribution in [0.5, 0.6) is 0 Å². The molecule has 124 valence electrons. The first kappa shape index (κ1) is 15.5. The molecule has 0 fully saturated rings. The fraction of sp³-hybridized carbons (Fsp3) is 0.0556. The van der Waals surface area contributed by atoms with Crippen molar-refractivity contribution < 1.29 is 19.1 Å². The summed E-state index contributed by atoms with van der Waals surface area (Å²) in [6.07, 6.45) is 1.59. The van der Waals surface area contributed by atoms with Gasteiger partial charge in [0, 0.05) is 5.56 Å². The molecule has 1 aliphatic rings. The molecule has 0 unspecified atom stereocenters. The average Bonchev–Trinajstić information content (AvgIpc) is 3.09. The van der Waals surface area contributed by atoms with E-state index >= 15 is 0 Å². The Labute approximate surface area is 145 Å². The lowest BCUT2D eigenvalue weighted by atomic mass is 10.1. The van der Waals surface area contributed by atoms with Crippen LogP contribution in [0.4, 0.5) is 10.1 Å². The summed E-state index contributed by atoms with van der Waals surface area (Å²) in [5.74, 6) is -2.37. The smallest absolute Gasteiger partial charge is 0.323 e. The number of rotatable bonds is 3. The summed E-state index contributed by atoms with van der Waals surface area (Å²) in [6, 6.07) is 11.9. The summed E-state index contributed by atoms with van der Waals surface area (Å²) in [6.45, 7) is -0.593. The minimum Gasteiger partial charge on any atom is -0.480 e. The molecule has 1 aliphatic heterocycles. The molecule has 0 saturated carbocycles. The van der Waals surface area contributed by atoms with E-state index in [0.29, 0.717) is 10.6 Å². The van der Waals surface area contributed by atoms with Crippen molar-refractivity contribution in [2.24, 2.45) is 0 Å². The SMILES string of the molecule is O=C(O)CN1C(=O)/C(=C\c2nc3ccccc3s2)c2cccc(F)c21. The molecule has 0 atom stereocenters. The van der Waals surface area contributed by atoms with Gasteiger partial charge in [0.05, 0.1) is 21.5 Å². The van der Waals surface area contributed by atoms with E-state index in [1.807, 2.05) is 24.3 Å². The van der Waals surface area contributed by atoms with Crippen molar-refractivity contribution in [3.8, 4) is 0 Å². The third-order valence-corrected chi connectivity index (χ3v) is 4.88. The van der Waals surface area contributed by atoms with Gasteiger partial charge in [0.2, 0.25) is 0 Å². The number of carbonyl (C=O) groups excluding carboxylic acids is 1. The van der Waals surface area contributed by atoms with Crippen LogP contribution in [0.2, 0.25) is 0 Å². The number of anilines is 1. The van der Waals surface area contributed by atoms with Crippen LogP contribution in [-0.2, 0) is 9.59 Å². The van der Waals surface area contributed by atoms with E-state index in [4.69, 9.17) is 5.11 Å². The lowest BCUT2D eigenvalue weighted by molar-refractivity contribution is -0.136. The summed E-state index contributed by atoms with van der Waals surface area (Å²) in [5, 5.41) is 9.64. The van der Waals surface area contributed by atoms with Crippen LogP contribution < -0.4 is 4.90 Å². The molecule has 5 nitrogen and oxygen atoms in total. The highest BCUT2D eigenvalue weighted by Gasteiger charge is 2.36. The second kappa shape index (κ2) is 5.78. The second-order valence-corrected chi connectivity index (χ2v) is 6.56. The number of amides is 1. The fourth-order valence-corrected chi connectivity index (χ4v) is 3.78. The Morgan fingerprint density at radius 3 is 2.80 bits per heavy atom. The van der Waals surface area contributed by atoms with Gasteiger partial charge in [-0.05, 0) is 24.3 Å². The highest BCUT2D eigenvalue weighted by atomic mass is 32.1. The van der Waals surface area contributed by atoms with Crippen molar-refractivity contribution in [1.82, 2.24) is 4.98 Å². The Balaban J connectivity index is 1.86. The molecular formula is C18H11FN2O3S. The zero-order valence-corrected chi connectivity index (χ0v) is 13.6. The van der Waals surface area contributed by atoms with Crippen molar-refractivity contribution in [2.45, 2.75) is 0 Å². The normalized spacial score (nSPS) is 15.2. The molecule has 0 bridgehead atoms. The van der Waals surface area contributed by atoms with Crippen molar-refractivity contribution in [1.29, 1.82) is 0 Å². The van der Waals surface area contributed by atoms with E-state index in [9.17, 15) is 14.0 Å². The number of aliphatic carboxylic acids is 1. The van der Waals surface area contributed by atoms with Crippen molar-refractivity contribution in [3.05, 3.63) is 58.9 Å². The third kappa shape index (κ3) is 2.58. The first-order valence-electron chi connectivity index (χ1n) is 7.44. The molecule has 4 rings (SSSR count). The quantitative estimate of drug-likeness (QED) is 0.732. The molecule has 2 aromatic carbocycles. The molecule has 0 aliphatic carbocycles. The van der Waals surface area contributed by atoms with Crippen LogP contribution in [0.25, 0.3) is 21.9 Å². The molecule has 7 heteroatoms. The maximum absolute atomic E-state index is 14.2. The number of carbonyl (C=O) groups is 2. The number of hydrogen-bond acceptors (Lipinski definition) is 4. The number of carboxylic acids is 1. The molecule has 3 aromatic rings. The second-order valence-electron chi connectivity index (χ2n) is 5.50. The Morgan fingerprint density at radius 1 is 1.24 bits per heavy atom. The van der Waals surface area contributed by atoms with Crippen LogP contribution >= 0.6 is 11.3 Å². The topological polar surface area (TPSA) is 70.5 Å². The maximum Gasteiger partial charge on any atom is 0.323 e. The monoisotopic (exact) mass is 354 g/mol. The lowest BCUT2D eigenvalue weighted by Gasteiger charge is -2.14. The van der Waals surface area contributed by atoms with Crippen LogP contribution in [0.1, 0.15) is 10.6 Å². The van der Waals surface area contributed by atoms with Gasteiger partial charge in [-0.2, -0.15) is 0 Å². The fourth-order valence-electron chi connectivity index (χ4n) is 2.87. The van der Waals surface area contributed by atoms with E-state index in [1.54, 1.807) is 12.1 Å². The molecule has 2 heterocycles. The van der Waals surface area contributed by atoms with Gasteiger partial charge in [0.15, 0.2) is 0 Å². The lowest BCUT2D eigenvalue weighted by Crippen LogP contribution is -2.32. The Morgan fingerprint density at radius 2 is 2.04 bits per heavy atom. The van der Waals surface area contributed by atoms with Crippen molar-refractivity contribution in [3.63, 3.8) is 0 Å². The molecule has 1 amide bonds. The van der Waals surface area contributed by atoms with Gasteiger partial charge >= 0.3 is 5.97 Å². The number of carboxylic acid groups (broad SMARTS) is 1. The van der Waals surface area contributed by atoms with Gasteiger partial charge in [0.1, 0.15) is 17.4 Å². The summed E-state index contributed by atoms with van der Waals surface area (Å²) >= 11 is 1.41. The number of halogens is 1. The summed E-state index contributed by atoms with van der Waals surface area (Å²) < 4.78 is 15.2. The van der Waals surface area contributed by atoms with Crippen LogP contribution in [0.15, 0.2) is 42.5 Å². The zero-order valence-electron chi connectivity index (χ0n) is 12.8. The maximum atomic E-state index is 14.2. The molecular weight excluding hydrogens is 343 g/mol. The first-order chi connectivity index (χ1) is 12.0. The van der Waals surface area contributed by atoms with Crippen LogP contribution in [-0.4, -0.2) is 28.5 Å². The molecule has 25 heavy (non-hydrogen) atoms. The number of aromatic nitrogens is 1. The van der Waals surface area contributed by atoms with E-state index in [-0.39, 0.29) is 11.3 Å². The minimum absolute atomic E-state index is 0.00209. The van der Waals surface area contributed by atoms with Gasteiger partial charge in [-0.15, -0.1) is 11.3 Å². The highest BCUT2D eigenvalue weighted by molar-refractivity contribution is 7.19. The molecule has 1 aromatic heterocycles. The molecule has 0 radical (unpaired) electrons. The highest BCUT2D eigenvalue weighted by Crippen LogP contribution is 2.40. The van der Waals surface area contributed by atoms with E-state index in [0.717, 1.165) is 15.1 Å². The predicted octanol–water partition coefficient (Wildman–Crippen LogP) is 3.41. The van der Waals surface area contributed by atoms with Gasteiger partial charge in [-0.1, -0.05) is 24.3 Å². The summed E-state index contributed by atoms with van der Waals surface area (Å²) in [4.78, 5) is 29.1. The average molecular weight is 354 g/mol. The largest absolute Gasteiger partial charge is 0.480 e. The van der Waals surface area contributed by atoms with Gasteiger partial charge < -0.3 is 5.11 Å². The number of thiazole rings is 1. The predicted molar refractivity (Wildman–Crippen MR) is 93.9 cm³/mol. The Kier molecular flexibility index (Phi) is 3.58. The van der Waals surface area contributed by atoms with Crippen molar-refractivity contribution >= 4 is 50.8 Å². The number of hydrogen-bond donors (Lipinski definition) is 1. The van der Waals surface area contributed by atoms with Gasteiger partial charge in [-0.3, -0.25) is 14.5 Å². The zero-order chi connectivity index (χ0) is 17.6. The first-order valence-corrected chi connectivity index (χ1v) is 8.26. The number of para-hydroxylation sites is 2. The minimum atomic E-state index is -1.20. The third-order valence-electron chi connectivity index (χ3n) is 3.89. The van der Waals surface area contributed by atoms with Crippen LogP contribution in [0.3, 0.4) is 0 Å². The van der Waals surface area contributed by atoms with E-state index in [2.05, 4.69) is 4.98 Å². The summed E-state index contributed by atoms with van der Waals surface area (Å²) in [7, 11) is 0. The molecule has 1 N–H and O–H groups in total. The number of fused-ring (bicyclic) bond motifs is 2. The Hall–Kier alpha value is -3.06. The molecule has 0 spiro atoms. The van der Waals surface area contributed by atoms with Gasteiger partial charge in [0.25, 0.3) is 5.91 Å². The van der Waals surface area contributed by atoms with Gasteiger partial charge in [-0.25, -0.2) is 9.37 Å². The summed E-state index contributed by atoms with van der Waals surface area (Å²) in [5.41, 5.74) is 1.44.